The molecule has 1 saturated heterocycles. The molecule has 6 rings (SSSR count). The first kappa shape index (κ1) is 27.4. The first-order chi connectivity index (χ1) is 20.2. The number of fused-ring (bicyclic) bond motifs is 2. The number of anilines is 2. The fourth-order valence-electron chi connectivity index (χ4n) is 5.13. The Morgan fingerprint density at radius 1 is 1.05 bits per heavy atom. The molecule has 3 amide bonds. The molecule has 1 fully saturated rings. The molecule has 0 saturated carbocycles. The zero-order chi connectivity index (χ0) is 29.5. The Kier molecular flexibility index (Phi) is 7.12. The van der Waals surface area contributed by atoms with Gasteiger partial charge in [-0.15, -0.1) is 0 Å². The Morgan fingerprint density at radius 3 is 2.50 bits per heavy atom. The predicted molar refractivity (Wildman–Crippen MR) is 157 cm³/mol. The van der Waals surface area contributed by atoms with Crippen LogP contribution in [-0.4, -0.2) is 39.5 Å². The van der Waals surface area contributed by atoms with Crippen LogP contribution in [0.15, 0.2) is 82.6 Å². The van der Waals surface area contributed by atoms with E-state index in [0.717, 1.165) is 33.6 Å². The van der Waals surface area contributed by atoms with Crippen LogP contribution < -0.4 is 19.8 Å². The van der Waals surface area contributed by atoms with E-state index in [9.17, 15) is 29.3 Å². The SMILES string of the molecule is Cc1ccc(NC(=O)COc2cccc(C3c4sc(=O)[nH]c4SC4C(=O)N(c5ccc([N+](=O)[O-])cc5)C(=O)C43)c2)cc1. The van der Waals surface area contributed by atoms with Gasteiger partial charge in [0.05, 0.1) is 21.6 Å². The minimum atomic E-state index is -0.836. The second kappa shape index (κ2) is 10.9. The number of imide groups is 1. The van der Waals surface area contributed by atoms with Gasteiger partial charge in [0, 0.05) is 28.6 Å². The number of aromatic nitrogens is 1. The van der Waals surface area contributed by atoms with Crippen molar-refractivity contribution in [2.45, 2.75) is 23.1 Å². The number of aryl methyl sites for hydroxylation is 1. The number of carbonyl (C=O) groups excluding carboxylic acids is 3. The molecule has 0 radical (unpaired) electrons. The van der Waals surface area contributed by atoms with E-state index in [4.69, 9.17) is 4.74 Å². The Bertz CT molecular complexity index is 1780. The minimum Gasteiger partial charge on any atom is -0.484 e. The van der Waals surface area contributed by atoms with Crippen LogP contribution in [0.1, 0.15) is 21.9 Å². The van der Waals surface area contributed by atoms with E-state index < -0.39 is 33.8 Å². The Hall–Kier alpha value is -4.75. The first-order valence-corrected chi connectivity index (χ1v) is 14.5. The zero-order valence-electron chi connectivity index (χ0n) is 21.9. The predicted octanol–water partition coefficient (Wildman–Crippen LogP) is 4.47. The second-order valence-corrected chi connectivity index (χ2v) is 12.0. The summed E-state index contributed by atoms with van der Waals surface area (Å²) in [7, 11) is 0. The van der Waals surface area contributed by atoms with Crippen LogP contribution in [0.2, 0.25) is 0 Å². The summed E-state index contributed by atoms with van der Waals surface area (Å²) in [5.74, 6) is -2.37. The number of nitrogens with zero attached hydrogens (tertiary/aromatic N) is 2. The lowest BCUT2D eigenvalue weighted by molar-refractivity contribution is -0.384. The molecule has 3 heterocycles. The molecule has 1 aromatic heterocycles. The van der Waals surface area contributed by atoms with Crippen LogP contribution in [0.4, 0.5) is 17.1 Å². The summed E-state index contributed by atoms with van der Waals surface area (Å²) in [6.45, 7) is 1.70. The number of aromatic amines is 1. The van der Waals surface area contributed by atoms with E-state index in [1.54, 1.807) is 36.4 Å². The van der Waals surface area contributed by atoms with Crippen LogP contribution >= 0.6 is 23.1 Å². The number of hydrogen-bond acceptors (Lipinski definition) is 9. The Balaban J connectivity index is 1.28. The van der Waals surface area contributed by atoms with Crippen molar-refractivity contribution in [2.75, 3.05) is 16.8 Å². The van der Waals surface area contributed by atoms with Crippen molar-refractivity contribution in [1.29, 1.82) is 0 Å². The summed E-state index contributed by atoms with van der Waals surface area (Å²) in [6, 6.07) is 19.5. The number of nitro groups is 1. The lowest BCUT2D eigenvalue weighted by Gasteiger charge is -2.30. The summed E-state index contributed by atoms with van der Waals surface area (Å²) in [5, 5.41) is 13.6. The lowest BCUT2D eigenvalue weighted by atomic mass is 9.83. The van der Waals surface area contributed by atoms with E-state index >= 15 is 0 Å². The number of benzene rings is 3. The summed E-state index contributed by atoms with van der Waals surface area (Å²) < 4.78 is 5.77. The molecular weight excluding hydrogens is 580 g/mol. The molecule has 2 aliphatic rings. The van der Waals surface area contributed by atoms with Crippen molar-refractivity contribution in [3.63, 3.8) is 0 Å². The van der Waals surface area contributed by atoms with E-state index in [1.807, 2.05) is 19.1 Å². The average molecular weight is 603 g/mol. The number of nitrogens with one attached hydrogen (secondary N) is 2. The molecule has 11 nitrogen and oxygen atoms in total. The smallest absolute Gasteiger partial charge is 0.305 e. The van der Waals surface area contributed by atoms with Gasteiger partial charge in [-0.25, -0.2) is 4.90 Å². The molecule has 0 spiro atoms. The van der Waals surface area contributed by atoms with Crippen molar-refractivity contribution < 1.29 is 24.0 Å². The number of thiazole rings is 1. The standard InChI is InChI=1S/C29H22N4O7S2/c1-15-5-7-17(8-6-15)30-21(34)14-40-20-4-2-3-16(13-20)22-23-25(41-26-24(22)42-29(37)31-26)28(36)32(27(23)35)18-9-11-19(12-10-18)33(38)39/h2-13,22-23,25H,14H2,1H3,(H,30,34)(H,31,37). The highest BCUT2D eigenvalue weighted by Crippen LogP contribution is 2.53. The van der Waals surface area contributed by atoms with Crippen LogP contribution in [0.3, 0.4) is 0 Å². The zero-order valence-corrected chi connectivity index (χ0v) is 23.6. The number of carbonyl (C=O) groups is 3. The summed E-state index contributed by atoms with van der Waals surface area (Å²) in [5.41, 5.74) is 2.43. The molecule has 3 aromatic carbocycles. The maximum absolute atomic E-state index is 13.9. The maximum Gasteiger partial charge on any atom is 0.305 e. The molecular formula is C29H22N4O7S2. The third-order valence-electron chi connectivity index (χ3n) is 7.07. The molecule has 0 aliphatic carbocycles. The molecule has 212 valence electrons. The monoisotopic (exact) mass is 602 g/mol. The van der Waals surface area contributed by atoms with Crippen LogP contribution in [0.5, 0.6) is 5.75 Å². The van der Waals surface area contributed by atoms with E-state index in [1.165, 1.54) is 24.3 Å². The molecule has 3 unspecified atom stereocenters. The highest BCUT2D eigenvalue weighted by atomic mass is 32.2. The van der Waals surface area contributed by atoms with Crippen molar-refractivity contribution in [2.24, 2.45) is 5.92 Å². The summed E-state index contributed by atoms with van der Waals surface area (Å²) in [6.07, 6.45) is 0. The molecule has 13 heteroatoms. The largest absolute Gasteiger partial charge is 0.484 e. The van der Waals surface area contributed by atoms with Gasteiger partial charge < -0.3 is 15.0 Å². The fourth-order valence-corrected chi connectivity index (χ4v) is 7.65. The molecule has 4 aromatic rings. The van der Waals surface area contributed by atoms with Crippen molar-refractivity contribution in [1.82, 2.24) is 4.98 Å². The van der Waals surface area contributed by atoms with Gasteiger partial charge in [0.15, 0.2) is 6.61 Å². The molecule has 2 N–H and O–H groups in total. The third-order valence-corrected chi connectivity index (χ3v) is 9.47. The maximum atomic E-state index is 13.9. The van der Waals surface area contributed by atoms with Crippen molar-refractivity contribution in [3.05, 3.63) is 109 Å². The van der Waals surface area contributed by atoms with Crippen molar-refractivity contribution >= 4 is 57.9 Å². The molecule has 42 heavy (non-hydrogen) atoms. The summed E-state index contributed by atoms with van der Waals surface area (Å²) >= 11 is 2.12. The number of rotatable bonds is 7. The van der Waals surface area contributed by atoms with Gasteiger partial charge in [0.2, 0.25) is 11.8 Å². The highest BCUT2D eigenvalue weighted by molar-refractivity contribution is 8.00. The van der Waals surface area contributed by atoms with Crippen molar-refractivity contribution in [3.8, 4) is 5.75 Å². The number of hydrogen-bond donors (Lipinski definition) is 2. The van der Waals surface area contributed by atoms with E-state index in [-0.39, 0.29) is 28.8 Å². The number of H-pyrrole nitrogens is 1. The number of non-ortho nitro benzene ring substituents is 1. The summed E-state index contributed by atoms with van der Waals surface area (Å²) in [4.78, 5) is 67.0. The number of amides is 3. The van der Waals surface area contributed by atoms with Gasteiger partial charge in [-0.3, -0.25) is 29.3 Å². The quantitative estimate of drug-likeness (QED) is 0.179. The Labute approximate surface area is 246 Å². The first-order valence-electron chi connectivity index (χ1n) is 12.8. The molecule has 2 aliphatic heterocycles. The second-order valence-electron chi connectivity index (χ2n) is 9.81. The molecule has 0 bridgehead atoms. The van der Waals surface area contributed by atoms with Crippen LogP contribution in [0.25, 0.3) is 0 Å². The fraction of sp³-hybridized carbons (Fsp3) is 0.172. The lowest BCUT2D eigenvalue weighted by Crippen LogP contribution is -2.32. The Morgan fingerprint density at radius 2 is 1.79 bits per heavy atom. The van der Waals surface area contributed by atoms with Gasteiger partial charge in [0.1, 0.15) is 11.0 Å². The van der Waals surface area contributed by atoms with Gasteiger partial charge in [0.25, 0.3) is 11.6 Å². The minimum absolute atomic E-state index is 0.161. The average Bonchev–Trinajstić information content (AvgIpc) is 3.47. The van der Waals surface area contributed by atoms with E-state index in [2.05, 4.69) is 10.3 Å². The van der Waals surface area contributed by atoms with Crippen LogP contribution in [-0.2, 0) is 14.4 Å². The highest BCUT2D eigenvalue weighted by Gasteiger charge is 2.56. The number of ether oxygens (including phenoxy) is 1. The van der Waals surface area contributed by atoms with Gasteiger partial charge >= 0.3 is 4.87 Å². The van der Waals surface area contributed by atoms with E-state index in [0.29, 0.717) is 26.9 Å². The molecule has 3 atom stereocenters. The third kappa shape index (κ3) is 5.08. The number of thioether (sulfide) groups is 1. The topological polar surface area (TPSA) is 152 Å². The van der Waals surface area contributed by atoms with Gasteiger partial charge in [-0.2, -0.15) is 0 Å². The van der Waals surface area contributed by atoms with Crippen LogP contribution in [0, 0.1) is 23.0 Å². The normalized spacial score (nSPS) is 19.3. The van der Waals surface area contributed by atoms with Gasteiger partial charge in [-0.1, -0.05) is 52.9 Å². The van der Waals surface area contributed by atoms with Gasteiger partial charge in [-0.05, 0) is 48.9 Å². The number of nitro benzene ring substituents is 1.